The standard InChI is InChI=1S/C16H19NOS.C10H22N2O/c1-16(2,3)12-4-5-14-10(7-12)6-11-8-13(9-18)19-15(11)17-14;1-4-8-12(10(13)5-2)9-6-7-11-3/h6,8-9,12H,4-5,7H2,1-3H3;11H,4-9H2,1-3H3. The molecule has 1 aliphatic rings. The molecule has 32 heavy (non-hydrogen) atoms. The number of hydrogen-bond donors (Lipinski definition) is 1. The Labute approximate surface area is 198 Å². The van der Waals surface area contributed by atoms with Gasteiger partial charge in [-0.2, -0.15) is 0 Å². The maximum Gasteiger partial charge on any atom is 0.222 e. The minimum atomic E-state index is 0.276. The minimum absolute atomic E-state index is 0.276. The van der Waals surface area contributed by atoms with E-state index < -0.39 is 0 Å². The molecule has 0 fully saturated rings. The van der Waals surface area contributed by atoms with Gasteiger partial charge in [0.2, 0.25) is 5.91 Å². The fourth-order valence-electron chi connectivity index (χ4n) is 4.24. The van der Waals surface area contributed by atoms with E-state index in [4.69, 9.17) is 4.98 Å². The Morgan fingerprint density at radius 3 is 2.62 bits per heavy atom. The van der Waals surface area contributed by atoms with Gasteiger partial charge in [0.25, 0.3) is 0 Å². The molecule has 0 bridgehead atoms. The molecule has 0 saturated carbocycles. The number of aldehydes is 1. The third kappa shape index (κ3) is 7.38. The lowest BCUT2D eigenvalue weighted by Crippen LogP contribution is -2.33. The zero-order valence-corrected chi connectivity index (χ0v) is 21.6. The Morgan fingerprint density at radius 1 is 1.28 bits per heavy atom. The number of nitrogens with zero attached hydrogens (tertiary/aromatic N) is 2. The van der Waals surface area contributed by atoms with Crippen LogP contribution in [0.5, 0.6) is 0 Å². The molecule has 0 aromatic carbocycles. The third-order valence-corrected chi connectivity index (χ3v) is 7.21. The van der Waals surface area contributed by atoms with Crippen LogP contribution >= 0.6 is 11.3 Å². The lowest BCUT2D eigenvalue weighted by molar-refractivity contribution is -0.130. The van der Waals surface area contributed by atoms with E-state index in [-0.39, 0.29) is 5.91 Å². The average Bonchev–Trinajstić information content (AvgIpc) is 3.18. The van der Waals surface area contributed by atoms with Gasteiger partial charge in [-0.3, -0.25) is 9.59 Å². The molecule has 178 valence electrons. The molecule has 2 aromatic rings. The van der Waals surface area contributed by atoms with Crippen molar-refractivity contribution in [3.05, 3.63) is 28.3 Å². The summed E-state index contributed by atoms with van der Waals surface area (Å²) in [6.07, 6.45) is 7.05. The Morgan fingerprint density at radius 2 is 2.03 bits per heavy atom. The number of aryl methyl sites for hydroxylation is 1. The van der Waals surface area contributed by atoms with Crippen LogP contribution in [-0.4, -0.2) is 48.8 Å². The number of nitrogens with one attached hydrogen (secondary N) is 1. The van der Waals surface area contributed by atoms with Gasteiger partial charge in [0.15, 0.2) is 6.29 Å². The van der Waals surface area contributed by atoms with Gasteiger partial charge in [0, 0.05) is 30.6 Å². The van der Waals surface area contributed by atoms with Crippen molar-refractivity contribution in [2.45, 2.75) is 73.1 Å². The Kier molecular flexibility index (Phi) is 10.3. The quantitative estimate of drug-likeness (QED) is 0.418. The molecule has 1 amide bonds. The van der Waals surface area contributed by atoms with Gasteiger partial charge in [-0.1, -0.05) is 34.6 Å². The van der Waals surface area contributed by atoms with Gasteiger partial charge in [-0.15, -0.1) is 11.3 Å². The van der Waals surface area contributed by atoms with Crippen LogP contribution in [0.25, 0.3) is 10.2 Å². The van der Waals surface area contributed by atoms with Gasteiger partial charge in [-0.05, 0) is 74.7 Å². The van der Waals surface area contributed by atoms with E-state index in [1.165, 1.54) is 29.0 Å². The van der Waals surface area contributed by atoms with Crippen molar-refractivity contribution >= 4 is 33.7 Å². The number of hydrogen-bond acceptors (Lipinski definition) is 5. The second kappa shape index (κ2) is 12.4. The van der Waals surface area contributed by atoms with Crippen LogP contribution in [-0.2, 0) is 17.6 Å². The normalized spacial score (nSPS) is 15.6. The van der Waals surface area contributed by atoms with E-state index in [0.29, 0.717) is 11.8 Å². The molecule has 0 radical (unpaired) electrons. The molecule has 5 nitrogen and oxygen atoms in total. The second-order valence-corrected chi connectivity index (χ2v) is 10.8. The smallest absolute Gasteiger partial charge is 0.222 e. The van der Waals surface area contributed by atoms with E-state index in [2.05, 4.69) is 39.1 Å². The summed E-state index contributed by atoms with van der Waals surface area (Å²) in [6.45, 7) is 13.8. The molecular formula is C26H41N3O2S. The molecule has 3 rings (SSSR count). The topological polar surface area (TPSA) is 62.3 Å². The summed E-state index contributed by atoms with van der Waals surface area (Å²) in [4.78, 5) is 30.8. The molecular weight excluding hydrogens is 418 g/mol. The van der Waals surface area contributed by atoms with Gasteiger partial charge < -0.3 is 10.2 Å². The van der Waals surface area contributed by atoms with Crippen LogP contribution in [0, 0.1) is 11.3 Å². The highest BCUT2D eigenvalue weighted by molar-refractivity contribution is 7.20. The summed E-state index contributed by atoms with van der Waals surface area (Å²) in [5.74, 6) is 1.00. The number of pyridine rings is 1. The summed E-state index contributed by atoms with van der Waals surface area (Å²) in [5.41, 5.74) is 2.98. The first-order valence-corrected chi connectivity index (χ1v) is 12.8. The molecule has 0 spiro atoms. The van der Waals surface area contributed by atoms with Crippen molar-refractivity contribution in [1.29, 1.82) is 0 Å². The van der Waals surface area contributed by atoms with Crippen molar-refractivity contribution in [2.24, 2.45) is 11.3 Å². The lowest BCUT2D eigenvalue weighted by atomic mass is 9.71. The summed E-state index contributed by atoms with van der Waals surface area (Å²) < 4.78 is 0. The number of rotatable bonds is 8. The average molecular weight is 460 g/mol. The molecule has 1 N–H and O–H groups in total. The monoisotopic (exact) mass is 459 g/mol. The van der Waals surface area contributed by atoms with Gasteiger partial charge in [0.05, 0.1) is 4.88 Å². The summed E-state index contributed by atoms with van der Waals surface area (Å²) >= 11 is 1.50. The highest BCUT2D eigenvalue weighted by Crippen LogP contribution is 2.38. The molecule has 6 heteroatoms. The molecule has 2 aromatic heterocycles. The molecule has 1 atom stereocenters. The molecule has 0 aliphatic heterocycles. The zero-order valence-electron chi connectivity index (χ0n) is 20.8. The van der Waals surface area contributed by atoms with Crippen molar-refractivity contribution in [2.75, 3.05) is 26.7 Å². The van der Waals surface area contributed by atoms with Crippen LogP contribution in [0.4, 0.5) is 0 Å². The SMILES string of the molecule is CC(C)(C)C1CCc2nc3sc(C=O)cc3cc2C1.CCCN(CCCNC)C(=O)CC. The summed E-state index contributed by atoms with van der Waals surface area (Å²) in [5, 5.41) is 4.21. The Hall–Kier alpha value is -1.79. The molecule has 2 heterocycles. The van der Waals surface area contributed by atoms with Crippen LogP contribution in [0.15, 0.2) is 12.1 Å². The van der Waals surface area contributed by atoms with Gasteiger partial charge in [0.1, 0.15) is 4.83 Å². The predicted octanol–water partition coefficient (Wildman–Crippen LogP) is 5.50. The van der Waals surface area contributed by atoms with Crippen molar-refractivity contribution in [3.8, 4) is 0 Å². The number of amides is 1. The predicted molar refractivity (Wildman–Crippen MR) is 136 cm³/mol. The van der Waals surface area contributed by atoms with Crippen LogP contribution in [0.3, 0.4) is 0 Å². The van der Waals surface area contributed by atoms with E-state index in [1.54, 1.807) is 0 Å². The van der Waals surface area contributed by atoms with E-state index in [9.17, 15) is 9.59 Å². The largest absolute Gasteiger partial charge is 0.343 e. The number of fused-ring (bicyclic) bond motifs is 2. The highest BCUT2D eigenvalue weighted by Gasteiger charge is 2.29. The first kappa shape index (κ1) is 26.5. The van der Waals surface area contributed by atoms with Crippen LogP contribution in [0.2, 0.25) is 0 Å². The first-order valence-electron chi connectivity index (χ1n) is 12.0. The number of thiophene rings is 1. The van der Waals surface area contributed by atoms with E-state index in [1.807, 2.05) is 24.9 Å². The summed E-state index contributed by atoms with van der Waals surface area (Å²) in [6, 6.07) is 4.21. The molecule has 0 saturated heterocycles. The number of carbonyl (C=O) groups excluding carboxylic acids is 2. The minimum Gasteiger partial charge on any atom is -0.343 e. The lowest BCUT2D eigenvalue weighted by Gasteiger charge is -2.34. The summed E-state index contributed by atoms with van der Waals surface area (Å²) in [7, 11) is 1.94. The number of aromatic nitrogens is 1. The molecule has 1 unspecified atom stereocenters. The second-order valence-electron chi connectivity index (χ2n) is 9.75. The van der Waals surface area contributed by atoms with Crippen LogP contribution < -0.4 is 5.32 Å². The van der Waals surface area contributed by atoms with Crippen molar-refractivity contribution in [3.63, 3.8) is 0 Å². The van der Waals surface area contributed by atoms with Crippen molar-refractivity contribution in [1.82, 2.24) is 15.2 Å². The molecule has 1 aliphatic carbocycles. The first-order chi connectivity index (χ1) is 15.2. The third-order valence-electron chi connectivity index (χ3n) is 6.24. The van der Waals surface area contributed by atoms with E-state index in [0.717, 1.165) is 72.6 Å². The zero-order chi connectivity index (χ0) is 23.7. The highest BCUT2D eigenvalue weighted by atomic mass is 32.1. The Balaban J connectivity index is 0.000000247. The van der Waals surface area contributed by atoms with Gasteiger partial charge in [-0.25, -0.2) is 4.98 Å². The van der Waals surface area contributed by atoms with Crippen LogP contribution in [0.1, 0.15) is 81.2 Å². The fourth-order valence-corrected chi connectivity index (χ4v) is 5.09. The fraction of sp³-hybridized carbons (Fsp3) is 0.654. The van der Waals surface area contributed by atoms with E-state index >= 15 is 0 Å². The van der Waals surface area contributed by atoms with Gasteiger partial charge >= 0.3 is 0 Å². The number of carbonyl (C=O) groups is 2. The Bertz CT molecular complexity index is 885. The van der Waals surface area contributed by atoms with Crippen molar-refractivity contribution < 1.29 is 9.59 Å². The maximum atomic E-state index is 11.4. The maximum absolute atomic E-state index is 11.4.